The number of nitrogens with two attached hydrogens (primary N) is 1. The summed E-state index contributed by atoms with van der Waals surface area (Å²) in [5, 5.41) is 12.0. The maximum atomic E-state index is 8.84. The predicted molar refractivity (Wildman–Crippen MR) is 59.2 cm³/mol. The number of aromatic nitrogens is 2. The number of anilines is 2. The fourth-order valence-corrected chi connectivity index (χ4v) is 1.26. The Morgan fingerprint density at radius 1 is 1.47 bits per heavy atom. The van der Waals surface area contributed by atoms with Crippen LogP contribution in [-0.2, 0) is 0 Å². The van der Waals surface area contributed by atoms with Crippen LogP contribution in [-0.4, -0.2) is 27.7 Å². The lowest BCUT2D eigenvalue weighted by atomic mass is 10.1. The standard InChI is InChI=1S/C9H17N5O/c1-2-7(3-4-15)13-8-5-9(14-10)12-6-11-8/h5-7,15H,2-4,10H2,1H3,(H2,11,12,13,14). The van der Waals surface area contributed by atoms with Crippen LogP contribution < -0.4 is 16.6 Å². The molecule has 0 bridgehead atoms. The largest absolute Gasteiger partial charge is 0.396 e. The first-order valence-electron chi connectivity index (χ1n) is 4.96. The number of rotatable bonds is 6. The lowest BCUT2D eigenvalue weighted by Gasteiger charge is -2.16. The van der Waals surface area contributed by atoms with Crippen molar-refractivity contribution in [2.24, 2.45) is 5.84 Å². The molecule has 0 radical (unpaired) electrons. The van der Waals surface area contributed by atoms with Gasteiger partial charge >= 0.3 is 0 Å². The van der Waals surface area contributed by atoms with Gasteiger partial charge < -0.3 is 15.8 Å². The number of nitrogens with one attached hydrogen (secondary N) is 2. The number of hydrogen-bond donors (Lipinski definition) is 4. The van der Waals surface area contributed by atoms with Crippen molar-refractivity contribution < 1.29 is 5.11 Å². The molecule has 0 aliphatic rings. The molecule has 1 aromatic rings. The van der Waals surface area contributed by atoms with Crippen LogP contribution in [0, 0.1) is 0 Å². The molecule has 0 aromatic carbocycles. The summed E-state index contributed by atoms with van der Waals surface area (Å²) in [6, 6.07) is 1.94. The van der Waals surface area contributed by atoms with Gasteiger partial charge in [0.15, 0.2) is 0 Å². The van der Waals surface area contributed by atoms with E-state index in [2.05, 4.69) is 27.6 Å². The normalized spacial score (nSPS) is 12.2. The molecule has 1 unspecified atom stereocenters. The van der Waals surface area contributed by atoms with E-state index in [1.165, 1.54) is 6.33 Å². The van der Waals surface area contributed by atoms with Crippen LogP contribution >= 0.6 is 0 Å². The lowest BCUT2D eigenvalue weighted by molar-refractivity contribution is 0.278. The topological polar surface area (TPSA) is 96.1 Å². The first kappa shape index (κ1) is 11.7. The number of nitrogens with zero attached hydrogens (tertiary/aromatic N) is 2. The predicted octanol–water partition coefficient (Wildman–Crippen LogP) is 0.335. The van der Waals surface area contributed by atoms with Crippen LogP contribution in [0.25, 0.3) is 0 Å². The van der Waals surface area contributed by atoms with Gasteiger partial charge in [0, 0.05) is 18.7 Å². The van der Waals surface area contributed by atoms with Gasteiger partial charge in [-0.2, -0.15) is 0 Å². The van der Waals surface area contributed by atoms with Crippen LogP contribution in [0.4, 0.5) is 11.6 Å². The number of hydrazine groups is 1. The molecule has 6 heteroatoms. The molecule has 1 rings (SSSR count). The van der Waals surface area contributed by atoms with Gasteiger partial charge in [-0.25, -0.2) is 15.8 Å². The average molecular weight is 211 g/mol. The van der Waals surface area contributed by atoms with Gasteiger partial charge in [-0.05, 0) is 12.8 Å². The van der Waals surface area contributed by atoms with E-state index in [0.717, 1.165) is 6.42 Å². The average Bonchev–Trinajstić information content (AvgIpc) is 2.29. The Labute approximate surface area is 88.9 Å². The fourth-order valence-electron chi connectivity index (χ4n) is 1.26. The minimum atomic E-state index is 0.165. The summed E-state index contributed by atoms with van der Waals surface area (Å²) in [7, 11) is 0. The molecule has 84 valence electrons. The third kappa shape index (κ3) is 3.69. The number of aliphatic hydroxyl groups is 1. The molecule has 0 aliphatic carbocycles. The second-order valence-corrected chi connectivity index (χ2v) is 3.19. The summed E-state index contributed by atoms with van der Waals surface area (Å²) in [5.74, 6) is 6.50. The Morgan fingerprint density at radius 3 is 2.80 bits per heavy atom. The molecular weight excluding hydrogens is 194 g/mol. The maximum absolute atomic E-state index is 8.84. The van der Waals surface area contributed by atoms with Gasteiger partial charge in [0.1, 0.15) is 18.0 Å². The van der Waals surface area contributed by atoms with Crippen molar-refractivity contribution in [1.29, 1.82) is 0 Å². The SMILES string of the molecule is CCC(CCO)Nc1cc(NN)ncn1. The van der Waals surface area contributed by atoms with E-state index in [1.54, 1.807) is 6.07 Å². The molecule has 0 aliphatic heterocycles. The third-order valence-corrected chi connectivity index (χ3v) is 2.14. The van der Waals surface area contributed by atoms with Crippen LogP contribution in [0.5, 0.6) is 0 Å². The van der Waals surface area contributed by atoms with E-state index < -0.39 is 0 Å². The number of nitrogen functional groups attached to an aromatic ring is 1. The molecule has 1 atom stereocenters. The second-order valence-electron chi connectivity index (χ2n) is 3.19. The minimum Gasteiger partial charge on any atom is -0.396 e. The van der Waals surface area contributed by atoms with Crippen molar-refractivity contribution in [2.75, 3.05) is 17.3 Å². The Bertz CT molecular complexity index is 294. The van der Waals surface area contributed by atoms with E-state index in [9.17, 15) is 0 Å². The third-order valence-electron chi connectivity index (χ3n) is 2.14. The Hall–Kier alpha value is -1.40. The fraction of sp³-hybridized carbons (Fsp3) is 0.556. The van der Waals surface area contributed by atoms with Crippen molar-refractivity contribution in [1.82, 2.24) is 9.97 Å². The van der Waals surface area contributed by atoms with Crippen molar-refractivity contribution in [3.63, 3.8) is 0 Å². The van der Waals surface area contributed by atoms with Crippen LogP contribution in [0.2, 0.25) is 0 Å². The Balaban J connectivity index is 2.61. The maximum Gasteiger partial charge on any atom is 0.145 e. The summed E-state index contributed by atoms with van der Waals surface area (Å²) < 4.78 is 0. The molecular formula is C9H17N5O. The molecule has 6 nitrogen and oxygen atoms in total. The van der Waals surface area contributed by atoms with Gasteiger partial charge in [-0.3, -0.25) is 0 Å². The highest BCUT2D eigenvalue weighted by Crippen LogP contribution is 2.11. The molecule has 15 heavy (non-hydrogen) atoms. The van der Waals surface area contributed by atoms with E-state index in [-0.39, 0.29) is 12.6 Å². The van der Waals surface area contributed by atoms with Crippen molar-refractivity contribution in [3.8, 4) is 0 Å². The smallest absolute Gasteiger partial charge is 0.145 e. The molecule has 1 heterocycles. The molecule has 0 saturated heterocycles. The van der Waals surface area contributed by atoms with Crippen molar-refractivity contribution >= 4 is 11.6 Å². The van der Waals surface area contributed by atoms with Crippen LogP contribution in [0.15, 0.2) is 12.4 Å². The van der Waals surface area contributed by atoms with Gasteiger partial charge in [0.2, 0.25) is 0 Å². The highest BCUT2D eigenvalue weighted by Gasteiger charge is 2.06. The van der Waals surface area contributed by atoms with Crippen LogP contribution in [0.3, 0.4) is 0 Å². The van der Waals surface area contributed by atoms with Gasteiger partial charge in [-0.15, -0.1) is 0 Å². The van der Waals surface area contributed by atoms with E-state index >= 15 is 0 Å². The molecule has 0 spiro atoms. The highest BCUT2D eigenvalue weighted by atomic mass is 16.3. The minimum absolute atomic E-state index is 0.165. The quantitative estimate of drug-likeness (QED) is 0.400. The summed E-state index contributed by atoms with van der Waals surface area (Å²) in [5.41, 5.74) is 2.45. The molecule has 0 fully saturated rings. The molecule has 0 amide bonds. The first-order chi connectivity index (χ1) is 7.30. The van der Waals surface area contributed by atoms with Gasteiger partial charge in [-0.1, -0.05) is 6.92 Å². The molecule has 0 saturated carbocycles. The first-order valence-corrected chi connectivity index (χ1v) is 4.96. The van der Waals surface area contributed by atoms with Gasteiger partial charge in [0.25, 0.3) is 0 Å². The summed E-state index contributed by atoms with van der Waals surface area (Å²) in [4.78, 5) is 7.96. The van der Waals surface area contributed by atoms with E-state index in [4.69, 9.17) is 10.9 Å². The monoisotopic (exact) mass is 211 g/mol. The van der Waals surface area contributed by atoms with E-state index in [1.807, 2.05) is 0 Å². The Kier molecular flexibility index (Phi) is 4.79. The second kappa shape index (κ2) is 6.15. The molecule has 5 N–H and O–H groups in total. The lowest BCUT2D eigenvalue weighted by Crippen LogP contribution is -2.21. The Morgan fingerprint density at radius 2 is 2.20 bits per heavy atom. The number of aliphatic hydroxyl groups excluding tert-OH is 1. The zero-order valence-electron chi connectivity index (χ0n) is 8.77. The van der Waals surface area contributed by atoms with E-state index in [0.29, 0.717) is 18.1 Å². The van der Waals surface area contributed by atoms with Crippen molar-refractivity contribution in [3.05, 3.63) is 12.4 Å². The molecule has 1 aromatic heterocycles. The highest BCUT2D eigenvalue weighted by molar-refractivity contribution is 5.46. The van der Waals surface area contributed by atoms with Crippen molar-refractivity contribution in [2.45, 2.75) is 25.8 Å². The summed E-state index contributed by atoms with van der Waals surface area (Å²) in [6.07, 6.45) is 3.06. The van der Waals surface area contributed by atoms with Gasteiger partial charge in [0.05, 0.1) is 0 Å². The number of hydrogen-bond acceptors (Lipinski definition) is 6. The van der Waals surface area contributed by atoms with Crippen LogP contribution in [0.1, 0.15) is 19.8 Å². The summed E-state index contributed by atoms with van der Waals surface area (Å²) >= 11 is 0. The zero-order chi connectivity index (χ0) is 11.1. The summed E-state index contributed by atoms with van der Waals surface area (Å²) in [6.45, 7) is 2.22. The zero-order valence-corrected chi connectivity index (χ0v) is 8.77.